The molecule has 1 aromatic rings. The van der Waals surface area contributed by atoms with Gasteiger partial charge in [-0.05, 0) is 18.6 Å². The molecule has 1 rings (SSSR count). The summed E-state index contributed by atoms with van der Waals surface area (Å²) in [4.78, 5) is -0.222. The molecule has 0 fully saturated rings. The van der Waals surface area contributed by atoms with Gasteiger partial charge in [0, 0.05) is 11.1 Å². The van der Waals surface area contributed by atoms with Gasteiger partial charge in [-0.25, -0.2) is 13.1 Å². The Morgan fingerprint density at radius 3 is 2.50 bits per heavy atom. The Bertz CT molecular complexity index is 507. The molecule has 0 bridgehead atoms. The number of nitrogens with one attached hydrogen (secondary N) is 1. The molecule has 5 nitrogen and oxygen atoms in total. The second kappa shape index (κ2) is 6.08. The number of halogens is 2. The highest BCUT2D eigenvalue weighted by Gasteiger charge is 2.24. The lowest BCUT2D eigenvalue weighted by Gasteiger charge is -2.16. The molecule has 18 heavy (non-hydrogen) atoms. The molecule has 0 unspecified atom stereocenters. The van der Waals surface area contributed by atoms with E-state index >= 15 is 0 Å². The van der Waals surface area contributed by atoms with Gasteiger partial charge in [0.15, 0.2) is 0 Å². The zero-order valence-corrected chi connectivity index (χ0v) is 12.0. The number of rotatable bonds is 5. The number of hydrogen-bond donors (Lipinski definition) is 3. The van der Waals surface area contributed by atoms with E-state index in [2.05, 4.69) is 4.72 Å². The lowest BCUT2D eigenvalue weighted by molar-refractivity contribution is 0.254. The minimum Gasteiger partial charge on any atom is -0.398 e. The van der Waals surface area contributed by atoms with Gasteiger partial charge in [-0.3, -0.25) is 0 Å². The van der Waals surface area contributed by atoms with Crippen molar-refractivity contribution in [2.75, 3.05) is 12.3 Å². The Labute approximate surface area is 116 Å². The van der Waals surface area contributed by atoms with Crippen LogP contribution in [0, 0.1) is 0 Å². The van der Waals surface area contributed by atoms with Crippen molar-refractivity contribution in [3.63, 3.8) is 0 Å². The number of anilines is 1. The van der Waals surface area contributed by atoms with Crippen LogP contribution in [0.25, 0.3) is 0 Å². The lowest BCUT2D eigenvalue weighted by Crippen LogP contribution is -2.37. The standard InChI is InChI=1S/C10H14Cl2N2O3S/c1-2-7(5-15)14-18(16,17)10-8(12)3-6(11)4-9(10)13/h3-4,7,14-15H,2,5,13H2,1H3/t7-/m0/s1. The van der Waals surface area contributed by atoms with Gasteiger partial charge in [0.1, 0.15) is 4.90 Å². The fourth-order valence-electron chi connectivity index (χ4n) is 1.39. The van der Waals surface area contributed by atoms with Gasteiger partial charge >= 0.3 is 0 Å². The van der Waals surface area contributed by atoms with Crippen LogP contribution < -0.4 is 10.5 Å². The first kappa shape index (κ1) is 15.5. The molecule has 0 aromatic heterocycles. The number of nitrogens with two attached hydrogens (primary N) is 1. The monoisotopic (exact) mass is 312 g/mol. The van der Waals surface area contributed by atoms with Gasteiger partial charge in [0.05, 0.1) is 17.3 Å². The first-order valence-electron chi connectivity index (χ1n) is 5.19. The molecule has 8 heteroatoms. The van der Waals surface area contributed by atoms with E-state index in [0.717, 1.165) is 0 Å². The smallest absolute Gasteiger partial charge is 0.244 e. The van der Waals surface area contributed by atoms with E-state index in [1.165, 1.54) is 12.1 Å². The van der Waals surface area contributed by atoms with Gasteiger partial charge in [-0.2, -0.15) is 0 Å². The fourth-order valence-corrected chi connectivity index (χ4v) is 3.69. The summed E-state index contributed by atoms with van der Waals surface area (Å²) in [5.74, 6) is 0. The third-order valence-electron chi connectivity index (χ3n) is 2.34. The van der Waals surface area contributed by atoms with Crippen molar-refractivity contribution in [2.24, 2.45) is 0 Å². The highest BCUT2D eigenvalue weighted by atomic mass is 35.5. The number of aliphatic hydroxyl groups excluding tert-OH is 1. The maximum Gasteiger partial charge on any atom is 0.244 e. The summed E-state index contributed by atoms with van der Waals surface area (Å²) in [5, 5.41) is 9.21. The summed E-state index contributed by atoms with van der Waals surface area (Å²) in [6.45, 7) is 1.44. The Balaban J connectivity index is 3.21. The van der Waals surface area contributed by atoms with Gasteiger partial charge in [-0.1, -0.05) is 30.1 Å². The van der Waals surface area contributed by atoms with E-state index in [1.54, 1.807) is 6.92 Å². The molecule has 4 N–H and O–H groups in total. The third kappa shape index (κ3) is 3.49. The molecule has 0 spiro atoms. The zero-order chi connectivity index (χ0) is 13.9. The molecule has 0 saturated carbocycles. The number of hydrogen-bond acceptors (Lipinski definition) is 4. The average Bonchev–Trinajstić information content (AvgIpc) is 2.23. The Morgan fingerprint density at radius 2 is 2.06 bits per heavy atom. The summed E-state index contributed by atoms with van der Waals surface area (Å²) < 4.78 is 26.5. The molecule has 0 aliphatic rings. The number of sulfonamides is 1. The molecule has 0 aliphatic carbocycles. The van der Waals surface area contributed by atoms with Crippen molar-refractivity contribution in [2.45, 2.75) is 24.3 Å². The molecule has 1 aromatic carbocycles. The Hall–Kier alpha value is -0.530. The van der Waals surface area contributed by atoms with E-state index in [9.17, 15) is 8.42 Å². The van der Waals surface area contributed by atoms with Crippen molar-refractivity contribution < 1.29 is 13.5 Å². The van der Waals surface area contributed by atoms with Crippen LogP contribution in [0.5, 0.6) is 0 Å². The molecule has 0 amide bonds. The largest absolute Gasteiger partial charge is 0.398 e. The zero-order valence-electron chi connectivity index (χ0n) is 9.65. The van der Waals surface area contributed by atoms with E-state index in [4.69, 9.17) is 34.0 Å². The summed E-state index contributed by atoms with van der Waals surface area (Å²) in [5.41, 5.74) is 5.58. The maximum atomic E-state index is 12.1. The SMILES string of the molecule is CC[C@@H](CO)NS(=O)(=O)c1c(N)cc(Cl)cc1Cl. The van der Waals surface area contributed by atoms with Crippen molar-refractivity contribution in [1.82, 2.24) is 4.72 Å². The van der Waals surface area contributed by atoms with Gasteiger partial charge < -0.3 is 10.8 Å². The molecule has 0 heterocycles. The second-order valence-corrected chi connectivity index (χ2v) is 6.21. The maximum absolute atomic E-state index is 12.1. The van der Waals surface area contributed by atoms with E-state index < -0.39 is 16.1 Å². The summed E-state index contributed by atoms with van der Waals surface area (Å²) >= 11 is 11.6. The van der Waals surface area contributed by atoms with Crippen LogP contribution in [0.4, 0.5) is 5.69 Å². The van der Waals surface area contributed by atoms with Gasteiger partial charge in [0.2, 0.25) is 10.0 Å². The summed E-state index contributed by atoms with van der Waals surface area (Å²) in [7, 11) is -3.89. The molecule has 1 atom stereocenters. The van der Waals surface area contributed by atoms with Crippen LogP contribution in [0.3, 0.4) is 0 Å². The molecular weight excluding hydrogens is 299 g/mol. The van der Waals surface area contributed by atoms with Crippen LogP contribution in [0.2, 0.25) is 10.0 Å². The molecule has 0 saturated heterocycles. The van der Waals surface area contributed by atoms with Crippen LogP contribution in [-0.4, -0.2) is 26.2 Å². The minimum atomic E-state index is -3.89. The highest BCUT2D eigenvalue weighted by molar-refractivity contribution is 7.89. The molecular formula is C10H14Cl2N2O3S. The first-order chi connectivity index (χ1) is 8.31. The second-order valence-electron chi connectivity index (χ2n) is 3.71. The quantitative estimate of drug-likeness (QED) is 0.720. The third-order valence-corrected chi connectivity index (χ3v) is 4.61. The van der Waals surface area contributed by atoms with Crippen LogP contribution >= 0.6 is 23.2 Å². The molecule has 102 valence electrons. The van der Waals surface area contributed by atoms with E-state index in [-0.39, 0.29) is 27.2 Å². The van der Waals surface area contributed by atoms with Crippen LogP contribution in [0.1, 0.15) is 13.3 Å². The summed E-state index contributed by atoms with van der Waals surface area (Å²) in [6.07, 6.45) is 0.445. The van der Waals surface area contributed by atoms with Crippen molar-refractivity contribution >= 4 is 38.9 Å². The first-order valence-corrected chi connectivity index (χ1v) is 7.43. The lowest BCUT2D eigenvalue weighted by atomic mass is 10.3. The Morgan fingerprint density at radius 1 is 1.44 bits per heavy atom. The van der Waals surface area contributed by atoms with E-state index in [0.29, 0.717) is 6.42 Å². The van der Waals surface area contributed by atoms with Crippen LogP contribution in [0.15, 0.2) is 17.0 Å². The number of nitrogen functional groups attached to an aromatic ring is 1. The normalized spacial score (nSPS) is 13.6. The minimum absolute atomic E-state index is 0.0345. The number of benzene rings is 1. The Kier molecular flexibility index (Phi) is 5.24. The van der Waals surface area contributed by atoms with Crippen molar-refractivity contribution in [3.8, 4) is 0 Å². The van der Waals surface area contributed by atoms with Gasteiger partial charge in [0.25, 0.3) is 0 Å². The fraction of sp³-hybridized carbons (Fsp3) is 0.400. The number of aliphatic hydroxyl groups is 1. The van der Waals surface area contributed by atoms with Crippen molar-refractivity contribution in [3.05, 3.63) is 22.2 Å². The predicted octanol–water partition coefficient (Wildman–Crippen LogP) is 1.62. The summed E-state index contributed by atoms with van der Waals surface area (Å²) in [6, 6.07) is 2.02. The average molecular weight is 313 g/mol. The van der Waals surface area contributed by atoms with Crippen LogP contribution in [-0.2, 0) is 10.0 Å². The topological polar surface area (TPSA) is 92.4 Å². The highest BCUT2D eigenvalue weighted by Crippen LogP contribution is 2.31. The molecule has 0 radical (unpaired) electrons. The van der Waals surface area contributed by atoms with Crippen molar-refractivity contribution in [1.29, 1.82) is 0 Å². The predicted molar refractivity (Wildman–Crippen MR) is 72.4 cm³/mol. The van der Waals surface area contributed by atoms with E-state index in [1.807, 2.05) is 0 Å². The molecule has 0 aliphatic heterocycles. The van der Waals surface area contributed by atoms with Gasteiger partial charge in [-0.15, -0.1) is 0 Å².